The number of rotatable bonds is 5. The molecule has 3 N–H and O–H groups in total. The number of benzene rings is 2. The molecule has 12 heteroatoms. The van der Waals surface area contributed by atoms with Crippen molar-refractivity contribution in [2.75, 3.05) is 36.5 Å². The summed E-state index contributed by atoms with van der Waals surface area (Å²) in [5, 5.41) is 7.87. The molecule has 3 aliphatic heterocycles. The number of carbonyl (C=O) groups excluding carboxylic acids is 1. The van der Waals surface area contributed by atoms with Gasteiger partial charge in [0, 0.05) is 36.6 Å². The van der Waals surface area contributed by atoms with E-state index in [0.29, 0.717) is 37.7 Å². The number of morpholine rings is 1. The quantitative estimate of drug-likeness (QED) is 0.338. The molecule has 2 saturated heterocycles. The largest absolute Gasteiger partial charge is 0.437 e. The number of benzodiazepines with no additional fused rings is 1. The molecule has 212 valence electrons. The lowest BCUT2D eigenvalue weighted by Gasteiger charge is -2.30. The summed E-state index contributed by atoms with van der Waals surface area (Å²) >= 11 is 0. The first kappa shape index (κ1) is 25.9. The van der Waals surface area contributed by atoms with Gasteiger partial charge in [-0.25, -0.2) is 9.67 Å². The third-order valence-corrected chi connectivity index (χ3v) is 7.35. The predicted octanol–water partition coefficient (Wildman–Crippen LogP) is 2.57. The molecule has 0 bridgehead atoms. The zero-order valence-corrected chi connectivity index (χ0v) is 22.9. The summed E-state index contributed by atoms with van der Waals surface area (Å²) in [6.07, 6.45) is 4.30. The smallest absolute Gasteiger partial charge is 0.304 e. The lowest BCUT2D eigenvalue weighted by molar-refractivity contribution is -0.117. The van der Waals surface area contributed by atoms with Crippen LogP contribution >= 0.6 is 0 Å². The topological polar surface area (TPSA) is 130 Å². The second-order valence-corrected chi connectivity index (χ2v) is 10.2. The summed E-state index contributed by atoms with van der Waals surface area (Å²) in [6, 6.07) is 21.3. The van der Waals surface area contributed by atoms with Gasteiger partial charge in [0.15, 0.2) is 5.82 Å². The summed E-state index contributed by atoms with van der Waals surface area (Å²) < 4.78 is 13.7. The molecule has 1 unspecified atom stereocenters. The van der Waals surface area contributed by atoms with Gasteiger partial charge in [0.05, 0.1) is 42.1 Å². The Hall–Kier alpha value is -5.07. The van der Waals surface area contributed by atoms with Crippen LogP contribution in [0.2, 0.25) is 0 Å². The van der Waals surface area contributed by atoms with Crippen LogP contribution in [0.3, 0.4) is 0 Å². The highest BCUT2D eigenvalue weighted by Gasteiger charge is 2.42. The number of aliphatic imine (C=N–C) groups is 2. The number of ether oxygens (including phenoxy) is 2. The number of aromatic nitrogens is 3. The zero-order valence-electron chi connectivity index (χ0n) is 22.9. The number of anilines is 2. The molecule has 2 aromatic carbocycles. The van der Waals surface area contributed by atoms with Gasteiger partial charge in [-0.15, -0.1) is 5.10 Å². The van der Waals surface area contributed by atoms with E-state index >= 15 is 0 Å². The molecular weight excluding hydrogens is 534 g/mol. The van der Waals surface area contributed by atoms with E-state index in [1.807, 2.05) is 79.9 Å². The normalized spacial score (nSPS) is 22.9. The van der Waals surface area contributed by atoms with E-state index in [-0.39, 0.29) is 11.9 Å². The molecule has 2 fully saturated rings. The third kappa shape index (κ3) is 4.86. The maximum absolute atomic E-state index is 13.3. The number of hydrogen-bond acceptors (Lipinski definition) is 9. The van der Waals surface area contributed by atoms with E-state index in [2.05, 4.69) is 31.0 Å². The molecule has 12 nitrogen and oxygen atoms in total. The fraction of sp³-hybridized carbons (Fsp3) is 0.233. The fourth-order valence-electron chi connectivity index (χ4n) is 5.20. The molecule has 0 saturated carbocycles. The number of carbonyl (C=O) groups is 1. The summed E-state index contributed by atoms with van der Waals surface area (Å²) in [5.74, 6) is 0.394. The lowest BCUT2D eigenvalue weighted by Crippen LogP contribution is -2.42. The highest BCUT2D eigenvalue weighted by molar-refractivity contribution is 6.19. The number of nitrogens with one attached hydrogen (secondary N) is 3. The summed E-state index contributed by atoms with van der Waals surface area (Å²) in [4.78, 5) is 29.2. The Morgan fingerprint density at radius 1 is 1.02 bits per heavy atom. The molecule has 5 heterocycles. The van der Waals surface area contributed by atoms with E-state index in [1.165, 1.54) is 0 Å². The minimum Gasteiger partial charge on any atom is -0.437 e. The molecule has 4 aromatic rings. The summed E-state index contributed by atoms with van der Waals surface area (Å²) in [5.41, 5.74) is 9.84. The van der Waals surface area contributed by atoms with E-state index in [4.69, 9.17) is 19.6 Å². The Labute approximate surface area is 242 Å². The number of nitrogens with zero attached hydrogens (tertiary/aromatic N) is 6. The second-order valence-electron chi connectivity index (χ2n) is 10.2. The minimum absolute atomic E-state index is 0.141. The molecule has 0 spiro atoms. The molecule has 1 amide bonds. The Balaban J connectivity index is 1.23. The predicted molar refractivity (Wildman–Crippen MR) is 157 cm³/mol. The lowest BCUT2D eigenvalue weighted by atomic mass is 10.0. The fourth-order valence-corrected chi connectivity index (χ4v) is 5.20. The Kier molecular flexibility index (Phi) is 6.61. The van der Waals surface area contributed by atoms with Gasteiger partial charge < -0.3 is 19.7 Å². The van der Waals surface area contributed by atoms with Gasteiger partial charge in [0.1, 0.15) is 0 Å². The number of amidine groups is 1. The van der Waals surface area contributed by atoms with Gasteiger partial charge >= 0.3 is 6.02 Å². The van der Waals surface area contributed by atoms with Gasteiger partial charge in [0.25, 0.3) is 5.91 Å². The molecule has 2 atom stereocenters. The van der Waals surface area contributed by atoms with Crippen LogP contribution in [0.15, 0.2) is 95.3 Å². The van der Waals surface area contributed by atoms with Crippen LogP contribution in [0.5, 0.6) is 0 Å². The van der Waals surface area contributed by atoms with Crippen LogP contribution in [0.25, 0.3) is 5.69 Å². The Morgan fingerprint density at radius 2 is 1.83 bits per heavy atom. The van der Waals surface area contributed by atoms with Crippen molar-refractivity contribution < 1.29 is 14.3 Å². The monoisotopic (exact) mass is 563 g/mol. The number of hydrazine groups is 1. The zero-order chi connectivity index (χ0) is 28.5. The van der Waals surface area contributed by atoms with Crippen molar-refractivity contribution in [2.45, 2.75) is 18.8 Å². The number of amides is 1. The van der Waals surface area contributed by atoms with E-state index in [0.717, 1.165) is 28.2 Å². The van der Waals surface area contributed by atoms with Crippen molar-refractivity contribution in [2.24, 2.45) is 9.98 Å². The van der Waals surface area contributed by atoms with Crippen LogP contribution in [0, 0.1) is 0 Å². The first-order valence-corrected chi connectivity index (χ1v) is 13.7. The highest BCUT2D eigenvalue weighted by Crippen LogP contribution is 2.34. The first-order valence-electron chi connectivity index (χ1n) is 13.7. The Bertz CT molecular complexity index is 1670. The third-order valence-electron chi connectivity index (χ3n) is 7.35. The van der Waals surface area contributed by atoms with Crippen molar-refractivity contribution >= 4 is 29.1 Å². The highest BCUT2D eigenvalue weighted by atomic mass is 16.6. The van der Waals surface area contributed by atoms with Crippen molar-refractivity contribution in [1.82, 2.24) is 25.6 Å². The van der Waals surface area contributed by atoms with Crippen molar-refractivity contribution in [1.29, 1.82) is 0 Å². The molecule has 2 aromatic heterocycles. The molecule has 42 heavy (non-hydrogen) atoms. The van der Waals surface area contributed by atoms with Gasteiger partial charge in [-0.05, 0) is 25.1 Å². The van der Waals surface area contributed by atoms with E-state index in [1.54, 1.807) is 17.1 Å². The second kappa shape index (κ2) is 10.7. The van der Waals surface area contributed by atoms with E-state index < -0.39 is 11.9 Å². The van der Waals surface area contributed by atoms with Crippen LogP contribution in [-0.4, -0.2) is 64.9 Å². The standard InChI is InChI=1S/C30H29N9O3/c1-30(23-19-39(21-10-7-13-31-18-21)36-27(23)38-14-16-41-17-15-38)37-35-29(42-30)34-26-28(40)32-24-12-6-5-11-22(24)25(33-26)20-8-3-2-4-9-20/h2-13,18-19,26,37H,14-17H2,1H3,(H,32,40)(H,34,35)/t26-,30?/m1/s1. The van der Waals surface area contributed by atoms with Crippen LogP contribution in [0.4, 0.5) is 11.5 Å². The number of hydrogen-bond donors (Lipinski definition) is 3. The summed E-state index contributed by atoms with van der Waals surface area (Å²) in [7, 11) is 0. The van der Waals surface area contributed by atoms with E-state index in [9.17, 15) is 4.79 Å². The molecule has 3 aliphatic rings. The minimum atomic E-state index is -1.09. The van der Waals surface area contributed by atoms with Crippen LogP contribution < -0.4 is 21.1 Å². The molecule has 7 rings (SSSR count). The Morgan fingerprint density at radius 3 is 2.64 bits per heavy atom. The maximum atomic E-state index is 13.3. The van der Waals surface area contributed by atoms with Gasteiger partial charge in [0.2, 0.25) is 11.9 Å². The summed E-state index contributed by atoms with van der Waals surface area (Å²) in [6.45, 7) is 4.49. The molecular formula is C30H29N9O3. The van der Waals surface area contributed by atoms with Gasteiger partial charge in [-0.3, -0.25) is 15.2 Å². The maximum Gasteiger partial charge on any atom is 0.304 e. The van der Waals surface area contributed by atoms with Gasteiger partial charge in [-0.1, -0.05) is 48.5 Å². The van der Waals surface area contributed by atoms with Gasteiger partial charge in [-0.2, -0.15) is 10.4 Å². The van der Waals surface area contributed by atoms with Crippen molar-refractivity contribution in [3.63, 3.8) is 0 Å². The number of fused-ring (bicyclic) bond motifs is 1. The van der Waals surface area contributed by atoms with Crippen molar-refractivity contribution in [3.05, 3.63) is 102 Å². The first-order chi connectivity index (χ1) is 20.6. The molecule has 0 radical (unpaired) electrons. The average Bonchev–Trinajstić information content (AvgIpc) is 3.63. The average molecular weight is 564 g/mol. The van der Waals surface area contributed by atoms with Crippen LogP contribution in [0.1, 0.15) is 23.6 Å². The SMILES string of the molecule is CC1(c2cn(-c3cccnc3)nc2N2CCOCC2)NN/C(=N\[C@H]2N=C(c3ccccc3)c3ccccc3NC2=O)O1. The van der Waals surface area contributed by atoms with Crippen LogP contribution in [-0.2, 0) is 20.0 Å². The van der Waals surface area contributed by atoms with Crippen molar-refractivity contribution in [3.8, 4) is 5.69 Å². The number of para-hydroxylation sites is 1. The molecule has 0 aliphatic carbocycles. The number of pyridine rings is 1.